The summed E-state index contributed by atoms with van der Waals surface area (Å²) in [7, 11) is 0. The molecule has 0 heterocycles. The van der Waals surface area contributed by atoms with Gasteiger partial charge in [-0.15, -0.1) is 0 Å². The van der Waals surface area contributed by atoms with E-state index in [-0.39, 0.29) is 115 Å². The molecule has 4 radical (unpaired) electrons. The maximum absolute atomic E-state index is 8.33. The number of carboxylic acid groups (broad SMARTS) is 2. The van der Waals surface area contributed by atoms with E-state index >= 15 is 0 Å². The third-order valence-electron chi connectivity index (χ3n) is 0. The van der Waals surface area contributed by atoms with Crippen molar-refractivity contribution in [3.63, 3.8) is 0 Å². The van der Waals surface area contributed by atoms with Gasteiger partial charge in [0.2, 0.25) is 0 Å². The molecule has 0 N–H and O–H groups in total. The first-order valence-electron chi connectivity index (χ1n) is 0.612. The second-order valence-electron chi connectivity index (χ2n) is 0.250. The monoisotopic (exact) mass is 612 g/mol. The summed E-state index contributed by atoms with van der Waals surface area (Å²) >= 11 is 0. The predicted octanol–water partition coefficient (Wildman–Crippen LogP) is -4.56. The Balaban J connectivity index is -0.00000000125. The molecule has 0 saturated heterocycles. The molecule has 0 unspecified atom stereocenters. The van der Waals surface area contributed by atoms with Crippen molar-refractivity contribution in [2.24, 2.45) is 0 Å². The molecule has 0 bridgehead atoms. The summed E-state index contributed by atoms with van der Waals surface area (Å²) in [6, 6.07) is 0. The molecule has 0 saturated carbocycles. The molecule has 0 aliphatic carbocycles. The molecule has 0 amide bonds. The zero-order chi connectivity index (χ0) is 3.58. The van der Waals surface area contributed by atoms with Crippen LogP contribution in [0, 0.1) is 0 Å². The van der Waals surface area contributed by atoms with Crippen LogP contribution in [0.2, 0.25) is 0 Å². The number of hydrogen-bond donors (Lipinski definition) is 0. The minimum Gasteiger partial charge on any atom is -2.00 e. The van der Waals surface area contributed by atoms with E-state index < -0.39 is 6.16 Å². The van der Waals surface area contributed by atoms with E-state index in [4.69, 9.17) is 15.0 Å². The summed E-state index contributed by atoms with van der Waals surface area (Å²) in [4.78, 5) is 8.33. The summed E-state index contributed by atoms with van der Waals surface area (Å²) in [5.74, 6) is 0. The van der Waals surface area contributed by atoms with E-state index in [9.17, 15) is 0 Å². The average Bonchev–Trinajstić information content (AvgIpc) is 0.811. The Labute approximate surface area is 134 Å². The van der Waals surface area contributed by atoms with Gasteiger partial charge in [-0.1, -0.05) is 0 Å². The summed E-state index contributed by atoms with van der Waals surface area (Å²) in [5, 5.41) is 16.7. The van der Waals surface area contributed by atoms with Crippen LogP contribution >= 0.6 is 0 Å². The first kappa shape index (κ1) is 120. The Bertz CT molecular complexity index is 43.1. The van der Waals surface area contributed by atoms with E-state index in [1.807, 2.05) is 0 Å². The molecule has 0 spiro atoms. The van der Waals surface area contributed by atoms with E-state index in [0.29, 0.717) is 0 Å². The summed E-state index contributed by atoms with van der Waals surface area (Å²) in [6.07, 6.45) is -2.33. The SMILES string of the molecule is O=C([O-])[O-].[Al+3].[Al+3].[Bi+3].[Bi+3].[O-2].[O-2].[O-2].[O-2].[O-2]. The zero-order valence-electron chi connectivity index (χ0n) is 5.82. The fraction of sp³-hybridized carbons (Fsp3) is 0. The molecule has 8 nitrogen and oxygen atoms in total. The van der Waals surface area contributed by atoms with Gasteiger partial charge in [0.25, 0.3) is 0 Å². The van der Waals surface area contributed by atoms with Gasteiger partial charge in [-0.3, -0.25) is 0 Å². The summed E-state index contributed by atoms with van der Waals surface area (Å²) in [5.41, 5.74) is 0. The van der Waals surface area contributed by atoms with Crippen LogP contribution in [0.5, 0.6) is 0 Å². The smallest absolute Gasteiger partial charge is 2.00 e. The Hall–Kier alpha value is 1.90. The fourth-order valence-electron chi connectivity index (χ4n) is 0. The van der Waals surface area contributed by atoms with Gasteiger partial charge in [-0.2, -0.15) is 0 Å². The van der Waals surface area contributed by atoms with Crippen molar-refractivity contribution in [2.75, 3.05) is 0 Å². The molecule has 0 aliphatic heterocycles. The standard InChI is InChI=1S/CH2O3.2Al.2Bi.5O/c2-1(3)4;;;;;;;;;/h(H2,2,3,4);;;;;;;;;/q;4*+3;5*-2/p-2. The number of rotatable bonds is 0. The molecule has 13 heavy (non-hydrogen) atoms. The number of carbonyl (C=O) groups is 1. The molecular weight excluding hydrogens is 612 g/mol. The first-order chi connectivity index (χ1) is 1.73. The molecule has 0 aromatic heterocycles. The third-order valence-corrected chi connectivity index (χ3v) is 0. The van der Waals surface area contributed by atoms with Crippen molar-refractivity contribution in [3.05, 3.63) is 0 Å². The van der Waals surface area contributed by atoms with Gasteiger partial charge in [0.05, 0.1) is 0 Å². The van der Waals surface area contributed by atoms with Crippen LogP contribution in [0.15, 0.2) is 0 Å². The molecular formula is CAl2Bi2O8. The van der Waals surface area contributed by atoms with Crippen molar-refractivity contribution in [1.29, 1.82) is 0 Å². The second kappa shape index (κ2) is 96.3. The van der Waals surface area contributed by atoms with Crippen molar-refractivity contribution < 1.29 is 42.4 Å². The molecule has 0 fully saturated rings. The Morgan fingerprint density at radius 2 is 0.692 bits per heavy atom. The molecule has 0 aromatic carbocycles. The maximum atomic E-state index is 8.33. The number of hydrogen-bond acceptors (Lipinski definition) is 3. The molecule has 0 atom stereocenters. The minimum absolute atomic E-state index is 0. The van der Waals surface area contributed by atoms with Crippen molar-refractivity contribution >= 4 is 93.3 Å². The van der Waals surface area contributed by atoms with Crippen LogP contribution in [0.1, 0.15) is 0 Å². The largest absolute Gasteiger partial charge is 3.00 e. The number of carbonyl (C=O) groups excluding carboxylic acids is 1. The summed E-state index contributed by atoms with van der Waals surface area (Å²) < 4.78 is 0. The topological polar surface area (TPSA) is 206 Å². The van der Waals surface area contributed by atoms with Gasteiger partial charge in [0, 0.05) is 0 Å². The second-order valence-corrected chi connectivity index (χ2v) is 0.250. The van der Waals surface area contributed by atoms with Crippen molar-refractivity contribution in [2.45, 2.75) is 0 Å². The van der Waals surface area contributed by atoms with Gasteiger partial charge in [-0.05, 0) is 6.16 Å². The van der Waals surface area contributed by atoms with E-state index in [0.717, 1.165) is 0 Å². The van der Waals surface area contributed by atoms with Crippen molar-refractivity contribution in [1.82, 2.24) is 0 Å². The van der Waals surface area contributed by atoms with Gasteiger partial charge < -0.3 is 42.4 Å². The molecule has 0 aromatic rings. The Morgan fingerprint density at radius 3 is 0.692 bits per heavy atom. The average molecular weight is 612 g/mol. The van der Waals surface area contributed by atoms with E-state index in [2.05, 4.69) is 0 Å². The van der Waals surface area contributed by atoms with Gasteiger partial charge in [0.1, 0.15) is 0 Å². The van der Waals surface area contributed by atoms with Gasteiger partial charge >= 0.3 is 87.1 Å². The fourth-order valence-corrected chi connectivity index (χ4v) is 0. The van der Waals surface area contributed by atoms with Crippen molar-refractivity contribution in [3.8, 4) is 0 Å². The van der Waals surface area contributed by atoms with Crippen LogP contribution < -0.4 is 10.2 Å². The molecule has 0 aliphatic rings. The van der Waals surface area contributed by atoms with Crippen LogP contribution in [-0.4, -0.2) is 93.3 Å². The normalized spacial score (nSPS) is 1.85. The molecule has 0 rings (SSSR count). The van der Waals surface area contributed by atoms with Crippen LogP contribution in [0.4, 0.5) is 4.79 Å². The molecule has 12 heteroatoms. The van der Waals surface area contributed by atoms with Crippen LogP contribution in [0.25, 0.3) is 0 Å². The van der Waals surface area contributed by atoms with E-state index in [1.165, 1.54) is 0 Å². The zero-order valence-corrected chi connectivity index (χ0v) is 15.1. The van der Waals surface area contributed by atoms with Crippen LogP contribution in [0.3, 0.4) is 0 Å². The quantitative estimate of drug-likeness (QED) is 0.248. The van der Waals surface area contributed by atoms with E-state index in [1.54, 1.807) is 0 Å². The molecule has 68 valence electrons. The maximum Gasteiger partial charge on any atom is 3.00 e. The van der Waals surface area contributed by atoms with Gasteiger partial charge in [-0.25, -0.2) is 0 Å². The Morgan fingerprint density at radius 1 is 0.692 bits per heavy atom. The van der Waals surface area contributed by atoms with Gasteiger partial charge in [0.15, 0.2) is 0 Å². The van der Waals surface area contributed by atoms with Crippen LogP contribution in [-0.2, 0) is 27.4 Å². The minimum atomic E-state index is -2.33. The first-order valence-corrected chi connectivity index (χ1v) is 0.612. The summed E-state index contributed by atoms with van der Waals surface area (Å²) in [6.45, 7) is 0. The predicted molar refractivity (Wildman–Crippen MR) is 31.8 cm³/mol. The Kier molecular flexibility index (Phi) is 888. The third kappa shape index (κ3) is 545.